The first-order chi connectivity index (χ1) is 13.3. The van der Waals surface area contributed by atoms with Crippen molar-refractivity contribution in [1.29, 1.82) is 0 Å². The van der Waals surface area contributed by atoms with Gasteiger partial charge in [-0.05, 0) is 19.3 Å². The van der Waals surface area contributed by atoms with Crippen LogP contribution in [0.15, 0.2) is 24.3 Å². The highest BCUT2D eigenvalue weighted by Crippen LogP contribution is 2.26. The number of allylic oxidation sites excluding steroid dienone is 3. The normalized spacial score (nSPS) is 22.0. The lowest BCUT2D eigenvalue weighted by atomic mass is 9.89. The molecule has 0 aromatic heterocycles. The quantitative estimate of drug-likeness (QED) is 0.211. The lowest BCUT2D eigenvalue weighted by Crippen LogP contribution is -2.38. The average Bonchev–Trinajstić information content (AvgIpc) is 3.02. The summed E-state index contributed by atoms with van der Waals surface area (Å²) in [7, 11) is 0. The molecule has 0 aliphatic carbocycles. The van der Waals surface area contributed by atoms with Crippen molar-refractivity contribution in [2.75, 3.05) is 13.2 Å². The molecule has 156 valence electrons. The molecule has 0 saturated carbocycles. The van der Waals surface area contributed by atoms with E-state index in [1.54, 1.807) is 6.08 Å². The second kappa shape index (κ2) is 12.8. The lowest BCUT2D eigenvalue weighted by Gasteiger charge is -2.30. The predicted molar refractivity (Wildman–Crippen MR) is 101 cm³/mol. The molecule has 2 aliphatic heterocycles. The molecular formula is C20H29NO7. The van der Waals surface area contributed by atoms with E-state index >= 15 is 0 Å². The molecular weight excluding hydrogens is 366 g/mol. The molecule has 2 aliphatic rings. The van der Waals surface area contributed by atoms with E-state index in [9.17, 15) is 24.3 Å². The Balaban J connectivity index is 0.000000467. The third-order valence-electron chi connectivity index (χ3n) is 4.13. The maximum Gasteiger partial charge on any atom is 0.330 e. The summed E-state index contributed by atoms with van der Waals surface area (Å²) < 4.78 is 9.81. The number of unbranched alkanes of at least 4 members (excludes halogenated alkanes) is 1. The van der Waals surface area contributed by atoms with Crippen molar-refractivity contribution in [1.82, 2.24) is 5.32 Å². The number of esters is 2. The Hall–Kier alpha value is -2.48. The Morgan fingerprint density at radius 1 is 1.25 bits per heavy atom. The van der Waals surface area contributed by atoms with Crippen LogP contribution in [-0.4, -0.2) is 47.7 Å². The number of imide groups is 1. The molecule has 2 fully saturated rings. The van der Waals surface area contributed by atoms with Crippen molar-refractivity contribution in [3.05, 3.63) is 24.3 Å². The smallest absolute Gasteiger partial charge is 0.330 e. The van der Waals surface area contributed by atoms with Gasteiger partial charge in [0.1, 0.15) is 0 Å². The summed E-state index contributed by atoms with van der Waals surface area (Å²) in [6.07, 6.45) is 11.1. The highest BCUT2D eigenvalue weighted by molar-refractivity contribution is 6.01. The molecule has 0 bridgehead atoms. The molecule has 0 radical (unpaired) electrons. The molecule has 0 aromatic rings. The van der Waals surface area contributed by atoms with Crippen molar-refractivity contribution in [3.63, 3.8) is 0 Å². The number of carbonyl (C=O) groups is 4. The van der Waals surface area contributed by atoms with Crippen molar-refractivity contribution in [3.8, 4) is 0 Å². The molecule has 2 amide bonds. The van der Waals surface area contributed by atoms with Gasteiger partial charge in [-0.15, -0.1) is 0 Å². The Labute approximate surface area is 165 Å². The highest BCUT2D eigenvalue weighted by atomic mass is 16.5. The molecule has 8 heteroatoms. The van der Waals surface area contributed by atoms with Gasteiger partial charge in [0.15, 0.2) is 0 Å². The van der Waals surface area contributed by atoms with E-state index in [0.29, 0.717) is 32.1 Å². The van der Waals surface area contributed by atoms with E-state index in [0.717, 1.165) is 12.8 Å². The maximum absolute atomic E-state index is 11.4. The average molecular weight is 395 g/mol. The van der Waals surface area contributed by atoms with Crippen LogP contribution in [0.1, 0.15) is 58.3 Å². The summed E-state index contributed by atoms with van der Waals surface area (Å²) in [5.41, 5.74) is -1.01. The van der Waals surface area contributed by atoms with Gasteiger partial charge in [0.05, 0.1) is 25.2 Å². The predicted octanol–water partition coefficient (Wildman–Crippen LogP) is 1.71. The molecule has 28 heavy (non-hydrogen) atoms. The number of nitrogens with one attached hydrogen (secondary N) is 1. The molecule has 2 rings (SSSR count). The number of aliphatic hydroxyl groups is 1. The summed E-state index contributed by atoms with van der Waals surface area (Å²) in [6, 6.07) is 0. The molecule has 1 unspecified atom stereocenters. The standard InChI is InChI=1S/C16H24O5.C4H5NO2/c1-2-3-4-5-6-8-14(17)20-11-7-9-16(19)10-12-21-15(18)13-16;6-3-1-2-4(7)5-3/h4-6,8,19H,2-3,7,9-13H2,1H3;1-2H2,(H,5,6,7). The molecule has 8 nitrogen and oxygen atoms in total. The van der Waals surface area contributed by atoms with Crippen molar-refractivity contribution in [2.45, 2.75) is 63.9 Å². The molecule has 0 spiro atoms. The number of ether oxygens (including phenoxy) is 2. The fourth-order valence-corrected chi connectivity index (χ4v) is 2.58. The van der Waals surface area contributed by atoms with Crippen molar-refractivity contribution < 1.29 is 33.8 Å². The van der Waals surface area contributed by atoms with Gasteiger partial charge in [-0.3, -0.25) is 19.7 Å². The number of carbonyl (C=O) groups excluding carboxylic acids is 4. The van der Waals surface area contributed by atoms with Crippen molar-refractivity contribution >= 4 is 23.8 Å². The summed E-state index contributed by atoms with van der Waals surface area (Å²) in [4.78, 5) is 42.8. The van der Waals surface area contributed by atoms with Gasteiger partial charge >= 0.3 is 11.9 Å². The van der Waals surface area contributed by atoms with E-state index in [1.807, 2.05) is 12.2 Å². The highest BCUT2D eigenvalue weighted by Gasteiger charge is 2.34. The number of hydrogen-bond acceptors (Lipinski definition) is 7. The van der Waals surface area contributed by atoms with Crippen LogP contribution < -0.4 is 5.32 Å². The Morgan fingerprint density at radius 2 is 1.96 bits per heavy atom. The summed E-state index contributed by atoms with van der Waals surface area (Å²) in [6.45, 7) is 2.57. The van der Waals surface area contributed by atoms with Gasteiger partial charge in [-0.25, -0.2) is 4.79 Å². The van der Waals surface area contributed by atoms with Gasteiger partial charge in [0.25, 0.3) is 0 Å². The minimum absolute atomic E-state index is 0.0169. The van der Waals surface area contributed by atoms with E-state index in [4.69, 9.17) is 9.47 Å². The third kappa shape index (κ3) is 10.6. The first-order valence-electron chi connectivity index (χ1n) is 9.55. The van der Waals surface area contributed by atoms with E-state index in [2.05, 4.69) is 12.2 Å². The fourth-order valence-electron chi connectivity index (χ4n) is 2.58. The zero-order chi connectivity index (χ0) is 20.8. The van der Waals surface area contributed by atoms with Gasteiger partial charge in [-0.1, -0.05) is 31.6 Å². The van der Waals surface area contributed by atoms with Gasteiger partial charge in [0.2, 0.25) is 11.8 Å². The van der Waals surface area contributed by atoms with Crippen LogP contribution in [0, 0.1) is 0 Å². The molecule has 0 aromatic carbocycles. The van der Waals surface area contributed by atoms with Gasteiger partial charge < -0.3 is 14.6 Å². The topological polar surface area (TPSA) is 119 Å². The first kappa shape index (κ1) is 23.6. The van der Waals surface area contributed by atoms with Gasteiger partial charge in [-0.2, -0.15) is 0 Å². The van der Waals surface area contributed by atoms with Crippen LogP contribution in [0.25, 0.3) is 0 Å². The minimum Gasteiger partial charge on any atom is -0.465 e. The molecule has 2 saturated heterocycles. The van der Waals surface area contributed by atoms with Crippen molar-refractivity contribution in [2.24, 2.45) is 0 Å². The Bertz CT molecular complexity index is 598. The third-order valence-corrected chi connectivity index (χ3v) is 4.13. The largest absolute Gasteiger partial charge is 0.465 e. The SMILES string of the molecule is CCCC=CC=CC(=O)OCCCC1(O)CCOC(=O)C1.O=C1CCC(=O)N1. The lowest BCUT2D eigenvalue weighted by molar-refractivity contribution is -0.160. The van der Waals surface area contributed by atoms with Gasteiger partial charge in [0, 0.05) is 25.3 Å². The monoisotopic (exact) mass is 395 g/mol. The zero-order valence-electron chi connectivity index (χ0n) is 16.3. The zero-order valence-corrected chi connectivity index (χ0v) is 16.3. The van der Waals surface area contributed by atoms with Crippen LogP contribution in [0.2, 0.25) is 0 Å². The maximum atomic E-state index is 11.4. The van der Waals surface area contributed by atoms with E-state index in [-0.39, 0.29) is 37.4 Å². The minimum atomic E-state index is -1.01. The molecule has 1 atom stereocenters. The van der Waals surface area contributed by atoms with Crippen LogP contribution >= 0.6 is 0 Å². The summed E-state index contributed by atoms with van der Waals surface area (Å²) in [5.74, 6) is -1.07. The second-order valence-corrected chi connectivity index (χ2v) is 6.69. The van der Waals surface area contributed by atoms with Crippen LogP contribution in [0.3, 0.4) is 0 Å². The number of cyclic esters (lactones) is 1. The summed E-state index contributed by atoms with van der Waals surface area (Å²) >= 11 is 0. The van der Waals surface area contributed by atoms with Crippen LogP contribution in [0.5, 0.6) is 0 Å². The number of amides is 2. The second-order valence-electron chi connectivity index (χ2n) is 6.69. The van der Waals surface area contributed by atoms with E-state index in [1.165, 1.54) is 6.08 Å². The number of rotatable bonds is 8. The molecule has 2 heterocycles. The van der Waals surface area contributed by atoms with Crippen LogP contribution in [0.4, 0.5) is 0 Å². The first-order valence-corrected chi connectivity index (χ1v) is 9.55. The fraction of sp³-hybridized carbons (Fsp3) is 0.600. The Morgan fingerprint density at radius 3 is 2.54 bits per heavy atom. The van der Waals surface area contributed by atoms with Crippen LogP contribution in [-0.2, 0) is 28.7 Å². The summed E-state index contributed by atoms with van der Waals surface area (Å²) in [5, 5.41) is 12.3. The Kier molecular flexibility index (Phi) is 10.8. The van der Waals surface area contributed by atoms with E-state index < -0.39 is 11.6 Å². The molecule has 2 N–H and O–H groups in total. The number of hydrogen-bond donors (Lipinski definition) is 2.